The summed E-state index contributed by atoms with van der Waals surface area (Å²) in [6.07, 6.45) is 7.18. The predicted molar refractivity (Wildman–Crippen MR) is 79.1 cm³/mol. The summed E-state index contributed by atoms with van der Waals surface area (Å²) in [6, 6.07) is 1.67. The summed E-state index contributed by atoms with van der Waals surface area (Å²) in [7, 11) is 0. The number of carbonyl (C=O) groups is 1. The minimum atomic E-state index is -0.0722. The number of piperidine rings is 1. The fraction of sp³-hybridized carbons (Fsp3) is 0.667. The van der Waals surface area contributed by atoms with Crippen molar-refractivity contribution in [3.05, 3.63) is 22.6 Å². The first-order chi connectivity index (χ1) is 9.70. The van der Waals surface area contributed by atoms with Crippen LogP contribution in [-0.4, -0.2) is 28.7 Å². The van der Waals surface area contributed by atoms with Crippen LogP contribution in [0.2, 0.25) is 0 Å². The lowest BCUT2D eigenvalue weighted by atomic mass is 10.1. The maximum atomic E-state index is 12.0. The number of nitrogens with zero attached hydrogens (tertiary/aromatic N) is 3. The summed E-state index contributed by atoms with van der Waals surface area (Å²) in [5.74, 6) is 0.239. The average molecular weight is 277 g/mol. The molecular formula is C15H23N3O2. The highest BCUT2D eigenvalue weighted by molar-refractivity contribution is 5.77. The normalized spacial score (nSPS) is 15.3. The summed E-state index contributed by atoms with van der Waals surface area (Å²) in [5, 5.41) is 4.23. The van der Waals surface area contributed by atoms with Gasteiger partial charge in [0.15, 0.2) is 0 Å². The number of anilines is 1. The molecule has 5 nitrogen and oxygen atoms in total. The number of ketones is 1. The molecule has 0 aliphatic carbocycles. The maximum Gasteiger partial charge on any atom is 0.268 e. The molecule has 0 bridgehead atoms. The van der Waals surface area contributed by atoms with Gasteiger partial charge >= 0.3 is 0 Å². The Hall–Kier alpha value is -1.65. The van der Waals surface area contributed by atoms with Gasteiger partial charge in [-0.2, -0.15) is 5.10 Å². The second-order valence-electron chi connectivity index (χ2n) is 5.32. The largest absolute Gasteiger partial charge is 0.370 e. The van der Waals surface area contributed by atoms with E-state index in [1.807, 2.05) is 6.92 Å². The van der Waals surface area contributed by atoms with Crippen molar-refractivity contribution in [3.8, 4) is 0 Å². The second-order valence-corrected chi connectivity index (χ2v) is 5.32. The summed E-state index contributed by atoms with van der Waals surface area (Å²) < 4.78 is 1.45. The van der Waals surface area contributed by atoms with Crippen molar-refractivity contribution in [2.75, 3.05) is 18.0 Å². The highest BCUT2D eigenvalue weighted by atomic mass is 16.1. The molecule has 5 heteroatoms. The van der Waals surface area contributed by atoms with Crippen LogP contribution < -0.4 is 10.5 Å². The number of aromatic nitrogens is 2. The third kappa shape index (κ3) is 3.92. The molecule has 20 heavy (non-hydrogen) atoms. The fourth-order valence-corrected chi connectivity index (χ4v) is 2.52. The van der Waals surface area contributed by atoms with Crippen LogP contribution in [0.5, 0.6) is 0 Å². The van der Waals surface area contributed by atoms with Crippen molar-refractivity contribution >= 4 is 11.5 Å². The Bertz CT molecular complexity index is 504. The quantitative estimate of drug-likeness (QED) is 0.798. The Kier molecular flexibility index (Phi) is 5.32. The van der Waals surface area contributed by atoms with Gasteiger partial charge in [0, 0.05) is 38.5 Å². The van der Waals surface area contributed by atoms with Gasteiger partial charge in [0.25, 0.3) is 5.56 Å². The zero-order valence-electron chi connectivity index (χ0n) is 12.2. The molecule has 110 valence electrons. The number of aryl methyl sites for hydroxylation is 1. The molecule has 0 saturated carbocycles. The van der Waals surface area contributed by atoms with Crippen LogP contribution in [0.25, 0.3) is 0 Å². The Labute approximate surface area is 119 Å². The number of Topliss-reactive ketones (excluding diaryl/α,β-unsaturated/α-hetero) is 1. The first kappa shape index (κ1) is 14.8. The van der Waals surface area contributed by atoms with Gasteiger partial charge in [-0.3, -0.25) is 9.59 Å². The minimum absolute atomic E-state index is 0.0722. The van der Waals surface area contributed by atoms with Gasteiger partial charge in [-0.15, -0.1) is 0 Å². The summed E-state index contributed by atoms with van der Waals surface area (Å²) in [5.41, 5.74) is 0.854. The fourth-order valence-electron chi connectivity index (χ4n) is 2.52. The first-order valence-electron chi connectivity index (χ1n) is 7.54. The van der Waals surface area contributed by atoms with Crippen molar-refractivity contribution in [2.45, 2.75) is 52.0 Å². The first-order valence-corrected chi connectivity index (χ1v) is 7.54. The molecule has 1 aliphatic rings. The van der Waals surface area contributed by atoms with Gasteiger partial charge in [-0.05, 0) is 25.7 Å². The van der Waals surface area contributed by atoms with Crippen LogP contribution in [-0.2, 0) is 11.3 Å². The van der Waals surface area contributed by atoms with E-state index >= 15 is 0 Å². The van der Waals surface area contributed by atoms with Crippen LogP contribution in [0.3, 0.4) is 0 Å². The van der Waals surface area contributed by atoms with Crippen LogP contribution >= 0.6 is 0 Å². The molecule has 1 aromatic heterocycles. The van der Waals surface area contributed by atoms with Crippen LogP contribution in [0, 0.1) is 0 Å². The minimum Gasteiger partial charge on any atom is -0.370 e. The molecule has 2 heterocycles. The van der Waals surface area contributed by atoms with Crippen molar-refractivity contribution in [1.29, 1.82) is 0 Å². The van der Waals surface area contributed by atoms with Crippen molar-refractivity contribution in [3.63, 3.8) is 0 Å². The zero-order valence-corrected chi connectivity index (χ0v) is 12.2. The SMILES string of the molecule is CCC(=O)CCCn1ncc(N2CCCCC2)cc1=O. The number of rotatable bonds is 6. The number of hydrogen-bond donors (Lipinski definition) is 0. The Morgan fingerprint density at radius 1 is 1.30 bits per heavy atom. The number of hydrogen-bond acceptors (Lipinski definition) is 4. The van der Waals surface area contributed by atoms with E-state index in [4.69, 9.17) is 0 Å². The lowest BCUT2D eigenvalue weighted by Crippen LogP contribution is -2.32. The molecular weight excluding hydrogens is 254 g/mol. The van der Waals surface area contributed by atoms with Crippen molar-refractivity contribution < 1.29 is 4.79 Å². The highest BCUT2D eigenvalue weighted by Gasteiger charge is 2.12. The molecule has 1 saturated heterocycles. The summed E-state index contributed by atoms with van der Waals surface area (Å²) >= 11 is 0. The molecule has 0 unspecified atom stereocenters. The lowest BCUT2D eigenvalue weighted by molar-refractivity contribution is -0.118. The monoisotopic (exact) mass is 277 g/mol. The van der Waals surface area contributed by atoms with Crippen molar-refractivity contribution in [1.82, 2.24) is 9.78 Å². The molecule has 2 rings (SSSR count). The van der Waals surface area contributed by atoms with E-state index in [0.717, 1.165) is 18.8 Å². The summed E-state index contributed by atoms with van der Waals surface area (Å²) in [6.45, 7) is 4.40. The molecule has 1 aromatic rings. The molecule has 1 aliphatic heterocycles. The van der Waals surface area contributed by atoms with Crippen molar-refractivity contribution in [2.24, 2.45) is 0 Å². The molecule has 0 aromatic carbocycles. The van der Waals surface area contributed by atoms with Crippen LogP contribution in [0.1, 0.15) is 45.4 Å². The molecule has 0 spiro atoms. The highest BCUT2D eigenvalue weighted by Crippen LogP contribution is 2.16. The topological polar surface area (TPSA) is 55.2 Å². The number of carbonyl (C=O) groups excluding carboxylic acids is 1. The molecule has 0 atom stereocenters. The van der Waals surface area contributed by atoms with E-state index in [1.165, 1.54) is 23.9 Å². The van der Waals surface area contributed by atoms with Gasteiger partial charge in [0.2, 0.25) is 0 Å². The second kappa shape index (κ2) is 7.22. The predicted octanol–water partition coefficient (Wildman–Crippen LogP) is 1.99. The van der Waals surface area contributed by atoms with E-state index in [-0.39, 0.29) is 11.3 Å². The van der Waals surface area contributed by atoms with Gasteiger partial charge in [-0.1, -0.05) is 6.92 Å². The van der Waals surface area contributed by atoms with Gasteiger partial charge in [0.1, 0.15) is 5.78 Å². The molecule has 0 amide bonds. The third-order valence-corrected chi connectivity index (χ3v) is 3.80. The zero-order chi connectivity index (χ0) is 14.4. The van der Waals surface area contributed by atoms with E-state index in [1.54, 1.807) is 12.3 Å². The van der Waals surface area contributed by atoms with E-state index in [9.17, 15) is 9.59 Å². The maximum absolute atomic E-state index is 12.0. The standard InChI is InChI=1S/C15H23N3O2/c1-2-14(19)7-6-10-18-15(20)11-13(12-16-18)17-8-4-3-5-9-17/h11-12H,2-10H2,1H3. The Balaban J connectivity index is 1.95. The Morgan fingerprint density at radius 2 is 2.05 bits per heavy atom. The molecule has 0 N–H and O–H groups in total. The lowest BCUT2D eigenvalue weighted by Gasteiger charge is -2.28. The smallest absolute Gasteiger partial charge is 0.268 e. The Morgan fingerprint density at radius 3 is 2.70 bits per heavy atom. The van der Waals surface area contributed by atoms with Gasteiger partial charge in [-0.25, -0.2) is 4.68 Å². The van der Waals surface area contributed by atoms with Crippen LogP contribution in [0.15, 0.2) is 17.1 Å². The van der Waals surface area contributed by atoms with Crippen LogP contribution in [0.4, 0.5) is 5.69 Å². The molecule has 1 fully saturated rings. The van der Waals surface area contributed by atoms with E-state index < -0.39 is 0 Å². The van der Waals surface area contributed by atoms with Gasteiger partial charge in [0.05, 0.1) is 11.9 Å². The van der Waals surface area contributed by atoms with Gasteiger partial charge < -0.3 is 4.90 Å². The average Bonchev–Trinajstić information content (AvgIpc) is 2.49. The summed E-state index contributed by atoms with van der Waals surface area (Å²) in [4.78, 5) is 25.5. The third-order valence-electron chi connectivity index (χ3n) is 3.80. The van der Waals surface area contributed by atoms with E-state index in [2.05, 4.69) is 10.00 Å². The van der Waals surface area contributed by atoms with E-state index in [0.29, 0.717) is 25.8 Å². The molecule has 0 radical (unpaired) electrons.